The van der Waals surface area contributed by atoms with Crippen LogP contribution >= 0.6 is 23.2 Å². The van der Waals surface area contributed by atoms with Crippen LogP contribution in [0.3, 0.4) is 0 Å². The maximum Gasteiger partial charge on any atom is 0.127 e. The van der Waals surface area contributed by atoms with Crippen molar-refractivity contribution in [2.45, 2.75) is 6.61 Å². The summed E-state index contributed by atoms with van der Waals surface area (Å²) in [6, 6.07) is 7.48. The normalized spacial score (nSPS) is 8.77. The molecule has 0 aliphatic carbocycles. The molecule has 0 aliphatic heterocycles. The minimum Gasteiger partial charge on any atom is -0.442 e. The summed E-state index contributed by atoms with van der Waals surface area (Å²) in [5, 5.41) is 0.690. The van der Waals surface area contributed by atoms with Crippen LogP contribution in [0.15, 0.2) is 24.3 Å². The molecule has 0 spiro atoms. The van der Waals surface area contributed by atoms with Gasteiger partial charge in [0.1, 0.15) is 12.7 Å². The standard InChI is InChI=1S/C10H8Cl2O/c11-6-3-7-13-8-9-4-1-2-5-10(9)12/h1-2,4-5H,6,8H2. The molecule has 1 nitrogen and oxygen atoms in total. The summed E-state index contributed by atoms with van der Waals surface area (Å²) in [5.41, 5.74) is 0.924. The summed E-state index contributed by atoms with van der Waals surface area (Å²) < 4.78 is 5.01. The van der Waals surface area contributed by atoms with Gasteiger partial charge in [0.15, 0.2) is 0 Å². The Hall–Kier alpha value is -0.840. The van der Waals surface area contributed by atoms with E-state index in [1.165, 1.54) is 0 Å². The Morgan fingerprint density at radius 2 is 2.08 bits per heavy atom. The molecule has 0 N–H and O–H groups in total. The van der Waals surface area contributed by atoms with E-state index in [4.69, 9.17) is 27.9 Å². The predicted molar refractivity (Wildman–Crippen MR) is 54.7 cm³/mol. The molecule has 0 heterocycles. The van der Waals surface area contributed by atoms with Crippen LogP contribution in [-0.4, -0.2) is 5.88 Å². The average Bonchev–Trinajstić information content (AvgIpc) is 2.15. The molecular formula is C10H8Cl2O. The molecular weight excluding hydrogens is 207 g/mol. The first-order valence-corrected chi connectivity index (χ1v) is 4.65. The zero-order valence-corrected chi connectivity index (χ0v) is 8.40. The number of hydrogen-bond acceptors (Lipinski definition) is 1. The molecule has 0 radical (unpaired) electrons. The monoisotopic (exact) mass is 214 g/mol. The van der Waals surface area contributed by atoms with E-state index in [2.05, 4.69) is 12.0 Å². The zero-order chi connectivity index (χ0) is 9.52. The van der Waals surface area contributed by atoms with Gasteiger partial charge in [0, 0.05) is 10.6 Å². The van der Waals surface area contributed by atoms with Gasteiger partial charge in [0.05, 0.1) is 5.88 Å². The van der Waals surface area contributed by atoms with Crippen LogP contribution in [0.5, 0.6) is 0 Å². The molecule has 1 rings (SSSR count). The second-order valence-electron chi connectivity index (χ2n) is 2.29. The molecule has 1 aromatic carbocycles. The highest BCUT2D eigenvalue weighted by molar-refractivity contribution is 6.31. The molecule has 0 amide bonds. The van der Waals surface area contributed by atoms with Crippen molar-refractivity contribution in [2.24, 2.45) is 0 Å². The summed E-state index contributed by atoms with van der Waals surface area (Å²) >= 11 is 11.2. The molecule has 0 atom stereocenters. The molecule has 0 unspecified atom stereocenters. The van der Waals surface area contributed by atoms with Crippen molar-refractivity contribution in [3.8, 4) is 12.0 Å². The molecule has 1 aromatic rings. The highest BCUT2D eigenvalue weighted by atomic mass is 35.5. The van der Waals surface area contributed by atoms with Gasteiger partial charge in [-0.2, -0.15) is 0 Å². The van der Waals surface area contributed by atoms with E-state index < -0.39 is 0 Å². The van der Waals surface area contributed by atoms with Crippen molar-refractivity contribution in [3.63, 3.8) is 0 Å². The van der Waals surface area contributed by atoms with E-state index in [0.29, 0.717) is 11.6 Å². The molecule has 68 valence electrons. The fourth-order valence-corrected chi connectivity index (χ4v) is 1.05. The summed E-state index contributed by atoms with van der Waals surface area (Å²) in [4.78, 5) is 0. The van der Waals surface area contributed by atoms with E-state index >= 15 is 0 Å². The molecule has 0 aliphatic rings. The van der Waals surface area contributed by atoms with Gasteiger partial charge >= 0.3 is 0 Å². The predicted octanol–water partition coefficient (Wildman–Crippen LogP) is 3.06. The van der Waals surface area contributed by atoms with E-state index in [0.717, 1.165) is 5.56 Å². The van der Waals surface area contributed by atoms with Crippen LogP contribution in [0.1, 0.15) is 5.56 Å². The molecule has 0 aromatic heterocycles. The van der Waals surface area contributed by atoms with Crippen molar-refractivity contribution >= 4 is 23.2 Å². The van der Waals surface area contributed by atoms with Gasteiger partial charge in [-0.15, -0.1) is 11.6 Å². The van der Waals surface area contributed by atoms with Crippen LogP contribution in [0, 0.1) is 12.0 Å². The van der Waals surface area contributed by atoms with Crippen LogP contribution in [0.25, 0.3) is 0 Å². The third-order valence-electron chi connectivity index (χ3n) is 1.40. The number of hydrogen-bond donors (Lipinski definition) is 0. The lowest BCUT2D eigenvalue weighted by Gasteiger charge is -2.00. The molecule has 0 saturated heterocycles. The highest BCUT2D eigenvalue weighted by Crippen LogP contribution is 2.15. The van der Waals surface area contributed by atoms with Gasteiger partial charge in [-0.3, -0.25) is 0 Å². The Morgan fingerprint density at radius 1 is 1.31 bits per heavy atom. The van der Waals surface area contributed by atoms with Crippen molar-refractivity contribution in [3.05, 3.63) is 34.9 Å². The second kappa shape index (κ2) is 5.75. The van der Waals surface area contributed by atoms with Crippen molar-refractivity contribution in [1.82, 2.24) is 0 Å². The second-order valence-corrected chi connectivity index (χ2v) is 2.97. The third-order valence-corrected chi connectivity index (χ3v) is 1.90. The smallest absolute Gasteiger partial charge is 0.127 e. The molecule has 0 bridgehead atoms. The Bertz CT molecular complexity index is 325. The molecule has 3 heteroatoms. The summed E-state index contributed by atoms with van der Waals surface area (Å²) in [5.74, 6) is 2.87. The first kappa shape index (κ1) is 10.2. The lowest BCUT2D eigenvalue weighted by atomic mass is 10.2. The topological polar surface area (TPSA) is 9.23 Å². The Kier molecular flexibility index (Phi) is 4.53. The first-order valence-electron chi connectivity index (χ1n) is 3.73. The molecule has 13 heavy (non-hydrogen) atoms. The maximum absolute atomic E-state index is 5.88. The Morgan fingerprint density at radius 3 is 2.77 bits per heavy atom. The maximum atomic E-state index is 5.88. The number of benzene rings is 1. The SMILES string of the molecule is ClCC#COCc1ccccc1Cl. The van der Waals surface area contributed by atoms with E-state index in [1.807, 2.05) is 24.3 Å². The Labute approximate surface area is 87.6 Å². The van der Waals surface area contributed by atoms with Crippen molar-refractivity contribution in [1.29, 1.82) is 0 Å². The van der Waals surface area contributed by atoms with Crippen molar-refractivity contribution in [2.75, 3.05) is 5.88 Å². The molecule has 0 saturated carbocycles. The van der Waals surface area contributed by atoms with Gasteiger partial charge in [-0.1, -0.05) is 29.8 Å². The summed E-state index contributed by atoms with van der Waals surface area (Å²) in [7, 11) is 0. The minimum atomic E-state index is 0.280. The fraction of sp³-hybridized carbons (Fsp3) is 0.200. The van der Waals surface area contributed by atoms with E-state index in [-0.39, 0.29) is 5.88 Å². The van der Waals surface area contributed by atoms with E-state index in [9.17, 15) is 0 Å². The molecule has 0 fully saturated rings. The summed E-state index contributed by atoms with van der Waals surface area (Å²) in [6.07, 6.45) is 2.47. The van der Waals surface area contributed by atoms with Gasteiger partial charge < -0.3 is 4.74 Å². The van der Waals surface area contributed by atoms with Gasteiger partial charge in [0.25, 0.3) is 0 Å². The lowest BCUT2D eigenvalue weighted by Crippen LogP contribution is -1.87. The largest absolute Gasteiger partial charge is 0.442 e. The van der Waals surface area contributed by atoms with Crippen LogP contribution in [0.4, 0.5) is 0 Å². The number of alkyl halides is 1. The van der Waals surface area contributed by atoms with Gasteiger partial charge in [0.2, 0.25) is 0 Å². The van der Waals surface area contributed by atoms with Gasteiger partial charge in [-0.05, 0) is 12.0 Å². The summed E-state index contributed by atoms with van der Waals surface area (Å²) in [6.45, 7) is 0.392. The van der Waals surface area contributed by atoms with Crippen LogP contribution < -0.4 is 0 Å². The zero-order valence-electron chi connectivity index (χ0n) is 6.89. The number of ether oxygens (including phenoxy) is 1. The van der Waals surface area contributed by atoms with Crippen LogP contribution in [0.2, 0.25) is 5.02 Å². The van der Waals surface area contributed by atoms with Crippen LogP contribution in [-0.2, 0) is 11.3 Å². The van der Waals surface area contributed by atoms with Crippen molar-refractivity contribution < 1.29 is 4.74 Å². The highest BCUT2D eigenvalue weighted by Gasteiger charge is 1.96. The first-order chi connectivity index (χ1) is 6.34. The average molecular weight is 215 g/mol. The fourth-order valence-electron chi connectivity index (χ4n) is 0.808. The third kappa shape index (κ3) is 3.59. The van der Waals surface area contributed by atoms with E-state index in [1.54, 1.807) is 0 Å². The minimum absolute atomic E-state index is 0.280. The number of rotatable bonds is 2. The lowest BCUT2D eigenvalue weighted by molar-refractivity contribution is 0.265. The van der Waals surface area contributed by atoms with Gasteiger partial charge in [-0.25, -0.2) is 0 Å². The quantitative estimate of drug-likeness (QED) is 0.544. The number of halogens is 2. The Balaban J connectivity index is 2.50.